The molecule has 0 saturated heterocycles. The molecule has 0 aliphatic rings. The number of benzene rings is 1. The highest BCUT2D eigenvalue weighted by molar-refractivity contribution is 6.29. The number of rotatable bonds is 6. The van der Waals surface area contributed by atoms with Gasteiger partial charge in [-0.15, -0.1) is 0 Å². The number of methoxy groups -OCH3 is 2. The Bertz CT molecular complexity index is 905. The Morgan fingerprint density at radius 2 is 1.89 bits per heavy atom. The molecule has 10 heteroatoms. The predicted molar refractivity (Wildman–Crippen MR) is 91.4 cm³/mol. The third-order valence-electron chi connectivity index (χ3n) is 3.09. The summed E-state index contributed by atoms with van der Waals surface area (Å²) >= 11 is 5.70. The molecule has 1 N–H and O–H groups in total. The van der Waals surface area contributed by atoms with Crippen molar-refractivity contribution in [3.63, 3.8) is 0 Å². The number of hydrogen-bond acceptors (Lipinski definition) is 7. The largest absolute Gasteiger partial charge is 0.466 e. The van der Waals surface area contributed by atoms with Gasteiger partial charge >= 0.3 is 11.9 Å². The van der Waals surface area contributed by atoms with Gasteiger partial charge in [-0.3, -0.25) is 0 Å². The highest BCUT2D eigenvalue weighted by atomic mass is 35.5. The third kappa shape index (κ3) is 5.38. The quantitative estimate of drug-likeness (QED) is 0.453. The van der Waals surface area contributed by atoms with Crippen molar-refractivity contribution in [3.05, 3.63) is 59.0 Å². The van der Waals surface area contributed by atoms with E-state index >= 15 is 0 Å². The number of aromatic nitrogens is 1. The second-order valence-electron chi connectivity index (χ2n) is 4.88. The first-order valence-corrected chi connectivity index (χ1v) is 7.65. The van der Waals surface area contributed by atoms with Gasteiger partial charge in [-0.25, -0.2) is 23.4 Å². The monoisotopic (exact) mass is 398 g/mol. The van der Waals surface area contributed by atoms with Crippen LogP contribution < -0.4 is 10.1 Å². The number of carbonyl (C=O) groups excluding carboxylic acids is 2. The first-order chi connectivity index (χ1) is 12.8. The molecular weight excluding hydrogens is 386 g/mol. The molecule has 0 bridgehead atoms. The van der Waals surface area contributed by atoms with Crippen LogP contribution in [0.1, 0.15) is 0 Å². The highest BCUT2D eigenvalue weighted by Crippen LogP contribution is 2.30. The second kappa shape index (κ2) is 8.95. The smallest absolute Gasteiger partial charge is 0.354 e. The molecule has 142 valence electrons. The van der Waals surface area contributed by atoms with Gasteiger partial charge < -0.3 is 19.5 Å². The average Bonchev–Trinajstić information content (AvgIpc) is 2.64. The zero-order chi connectivity index (χ0) is 20.0. The fourth-order valence-corrected chi connectivity index (χ4v) is 2.02. The number of esters is 2. The van der Waals surface area contributed by atoms with E-state index in [1.54, 1.807) is 0 Å². The topological polar surface area (TPSA) is 86.8 Å². The van der Waals surface area contributed by atoms with E-state index in [2.05, 4.69) is 19.8 Å². The summed E-state index contributed by atoms with van der Waals surface area (Å²) in [6.07, 6.45) is 2.08. The molecule has 2 aromatic rings. The SMILES string of the molecule is COC(=O)/C=C(/Nc1cc(F)c(Oc2ccnc(Cl)c2)cc1F)C(=O)OC. The minimum absolute atomic E-state index is 0.113. The number of ether oxygens (including phenoxy) is 3. The Morgan fingerprint density at radius 1 is 1.15 bits per heavy atom. The second-order valence-corrected chi connectivity index (χ2v) is 5.26. The van der Waals surface area contributed by atoms with Crippen molar-refractivity contribution in [1.82, 2.24) is 4.98 Å². The van der Waals surface area contributed by atoms with E-state index in [1.807, 2.05) is 0 Å². The lowest BCUT2D eigenvalue weighted by atomic mass is 10.2. The Hall–Kier alpha value is -3.20. The van der Waals surface area contributed by atoms with Gasteiger partial charge in [0.25, 0.3) is 0 Å². The van der Waals surface area contributed by atoms with Crippen molar-refractivity contribution in [3.8, 4) is 11.5 Å². The Labute approximate surface area is 157 Å². The van der Waals surface area contributed by atoms with E-state index in [0.717, 1.165) is 32.4 Å². The summed E-state index contributed by atoms with van der Waals surface area (Å²) in [7, 11) is 2.15. The van der Waals surface area contributed by atoms with E-state index in [-0.39, 0.29) is 10.9 Å². The van der Waals surface area contributed by atoms with Gasteiger partial charge in [0.05, 0.1) is 26.0 Å². The van der Waals surface area contributed by atoms with Crippen molar-refractivity contribution in [2.24, 2.45) is 0 Å². The molecule has 2 rings (SSSR count). The zero-order valence-corrected chi connectivity index (χ0v) is 14.8. The van der Waals surface area contributed by atoms with Crippen molar-refractivity contribution >= 4 is 29.2 Å². The summed E-state index contributed by atoms with van der Waals surface area (Å²) in [5.41, 5.74) is -0.870. The maximum absolute atomic E-state index is 14.3. The highest BCUT2D eigenvalue weighted by Gasteiger charge is 2.18. The number of anilines is 1. The zero-order valence-electron chi connectivity index (χ0n) is 14.1. The van der Waals surface area contributed by atoms with Crippen LogP contribution in [0.2, 0.25) is 5.15 Å². The van der Waals surface area contributed by atoms with Gasteiger partial charge in [0.1, 0.15) is 16.6 Å². The Kier molecular flexibility index (Phi) is 6.67. The summed E-state index contributed by atoms with van der Waals surface area (Å²) in [6.45, 7) is 0. The van der Waals surface area contributed by atoms with Gasteiger partial charge in [-0.05, 0) is 6.07 Å². The molecule has 1 aromatic carbocycles. The van der Waals surface area contributed by atoms with Crippen LogP contribution in [0.25, 0.3) is 0 Å². The first kappa shape index (κ1) is 20.1. The number of carbonyl (C=O) groups is 2. The van der Waals surface area contributed by atoms with E-state index in [9.17, 15) is 18.4 Å². The summed E-state index contributed by atoms with van der Waals surface area (Å²) in [4.78, 5) is 26.7. The number of nitrogens with zero attached hydrogens (tertiary/aromatic N) is 1. The van der Waals surface area contributed by atoms with Crippen molar-refractivity contribution in [2.45, 2.75) is 0 Å². The van der Waals surface area contributed by atoms with Crippen molar-refractivity contribution in [1.29, 1.82) is 0 Å². The molecule has 27 heavy (non-hydrogen) atoms. The van der Waals surface area contributed by atoms with Gasteiger partial charge in [-0.1, -0.05) is 11.6 Å². The summed E-state index contributed by atoms with van der Waals surface area (Å²) in [5.74, 6) is -4.03. The molecule has 0 fully saturated rings. The Balaban J connectivity index is 2.30. The van der Waals surface area contributed by atoms with Crippen LogP contribution in [-0.4, -0.2) is 31.1 Å². The number of pyridine rings is 1. The number of hydrogen-bond donors (Lipinski definition) is 1. The van der Waals surface area contributed by atoms with Crippen LogP contribution in [-0.2, 0) is 19.1 Å². The molecule has 7 nitrogen and oxygen atoms in total. The number of halogens is 3. The molecule has 0 saturated carbocycles. The van der Waals surface area contributed by atoms with Crippen LogP contribution in [0.5, 0.6) is 11.5 Å². The lowest BCUT2D eigenvalue weighted by Crippen LogP contribution is -2.16. The molecule has 0 aliphatic carbocycles. The first-order valence-electron chi connectivity index (χ1n) is 7.27. The summed E-state index contributed by atoms with van der Waals surface area (Å²) in [5, 5.41) is 2.40. The van der Waals surface area contributed by atoms with Crippen LogP contribution in [0.15, 0.2) is 42.2 Å². The van der Waals surface area contributed by atoms with Gasteiger partial charge in [0.15, 0.2) is 17.4 Å². The van der Waals surface area contributed by atoms with E-state index in [4.69, 9.17) is 16.3 Å². The molecule has 1 heterocycles. The minimum Gasteiger partial charge on any atom is -0.466 e. The lowest BCUT2D eigenvalue weighted by molar-refractivity contribution is -0.138. The molecule has 0 radical (unpaired) electrons. The summed E-state index contributed by atoms with van der Waals surface area (Å²) in [6, 6.07) is 4.24. The normalized spacial score (nSPS) is 10.9. The molecule has 0 spiro atoms. The molecule has 0 aliphatic heterocycles. The molecule has 0 unspecified atom stereocenters. The molecule has 1 aromatic heterocycles. The maximum atomic E-state index is 14.3. The maximum Gasteiger partial charge on any atom is 0.354 e. The molecular formula is C17H13ClF2N2O5. The number of nitrogens with one attached hydrogen (secondary N) is 1. The van der Waals surface area contributed by atoms with E-state index in [1.165, 1.54) is 18.3 Å². The van der Waals surface area contributed by atoms with Gasteiger partial charge in [0, 0.05) is 24.4 Å². The van der Waals surface area contributed by atoms with Crippen LogP contribution >= 0.6 is 11.6 Å². The van der Waals surface area contributed by atoms with Crippen molar-refractivity contribution in [2.75, 3.05) is 19.5 Å². The van der Waals surface area contributed by atoms with Crippen LogP contribution in [0.4, 0.5) is 14.5 Å². The standard InChI is InChI=1S/C17H13ClF2N2O5/c1-25-16(23)8-13(17(24)26-2)22-12-6-11(20)14(7-10(12)19)27-9-3-4-21-15(18)5-9/h3-8,22H,1-2H3/b13-8+. The fraction of sp³-hybridized carbons (Fsp3) is 0.118. The Morgan fingerprint density at radius 3 is 2.52 bits per heavy atom. The lowest BCUT2D eigenvalue weighted by Gasteiger charge is -2.12. The minimum atomic E-state index is -0.980. The van der Waals surface area contributed by atoms with Gasteiger partial charge in [-0.2, -0.15) is 0 Å². The molecule has 0 amide bonds. The predicted octanol–water partition coefficient (Wildman–Crippen LogP) is 3.45. The summed E-state index contributed by atoms with van der Waals surface area (Å²) < 4.78 is 42.7. The van der Waals surface area contributed by atoms with E-state index in [0.29, 0.717) is 0 Å². The van der Waals surface area contributed by atoms with Gasteiger partial charge in [0.2, 0.25) is 0 Å². The molecule has 0 atom stereocenters. The van der Waals surface area contributed by atoms with Crippen LogP contribution in [0.3, 0.4) is 0 Å². The average molecular weight is 399 g/mol. The fourth-order valence-electron chi connectivity index (χ4n) is 1.86. The third-order valence-corrected chi connectivity index (χ3v) is 3.29. The van der Waals surface area contributed by atoms with Crippen LogP contribution in [0, 0.1) is 11.6 Å². The van der Waals surface area contributed by atoms with Crippen molar-refractivity contribution < 1.29 is 32.6 Å². The van der Waals surface area contributed by atoms with E-state index < -0.39 is 40.7 Å².